The Balaban J connectivity index is 2.40. The zero-order valence-corrected chi connectivity index (χ0v) is 8.91. The highest BCUT2D eigenvalue weighted by atomic mass is 32.3. The van der Waals surface area contributed by atoms with Crippen LogP contribution in [0.2, 0.25) is 0 Å². The number of hydrogen-bond acceptors (Lipinski definition) is 1. The standard InChI is InChI=1S/C10H12S2/c1-12(2)7-3-4-10(12)9-5-6-11-8-9/h3-8H,1-2H3. The molecule has 0 saturated heterocycles. The van der Waals surface area contributed by atoms with Gasteiger partial charge < -0.3 is 0 Å². The second-order valence-electron chi connectivity index (χ2n) is 3.28. The summed E-state index contributed by atoms with van der Waals surface area (Å²) >= 11 is 1.77. The molecule has 1 aromatic rings. The van der Waals surface area contributed by atoms with Crippen molar-refractivity contribution in [3.63, 3.8) is 0 Å². The normalized spacial score (nSPS) is 22.3. The van der Waals surface area contributed by atoms with E-state index in [-0.39, 0.29) is 0 Å². The van der Waals surface area contributed by atoms with Crippen molar-refractivity contribution in [2.24, 2.45) is 0 Å². The number of thiophene rings is 1. The fourth-order valence-corrected chi connectivity index (χ4v) is 3.89. The maximum absolute atomic E-state index is 2.33. The van der Waals surface area contributed by atoms with Crippen LogP contribution < -0.4 is 0 Å². The Kier molecular flexibility index (Phi) is 1.89. The average molecular weight is 196 g/mol. The molecule has 12 heavy (non-hydrogen) atoms. The molecule has 1 aliphatic rings. The van der Waals surface area contributed by atoms with Gasteiger partial charge in [0.2, 0.25) is 0 Å². The molecular formula is C10H12S2. The first-order valence-electron chi connectivity index (χ1n) is 3.84. The van der Waals surface area contributed by atoms with Gasteiger partial charge in [-0.05, 0) is 46.4 Å². The second-order valence-corrected chi connectivity index (χ2v) is 7.58. The zero-order valence-electron chi connectivity index (χ0n) is 7.28. The van der Waals surface area contributed by atoms with Crippen LogP contribution in [0.3, 0.4) is 0 Å². The third-order valence-corrected chi connectivity index (χ3v) is 5.07. The molecule has 0 saturated carbocycles. The first-order valence-corrected chi connectivity index (χ1v) is 7.30. The van der Waals surface area contributed by atoms with E-state index in [4.69, 9.17) is 0 Å². The molecule has 0 unspecified atom stereocenters. The van der Waals surface area contributed by atoms with Gasteiger partial charge in [-0.15, -0.1) is 0 Å². The summed E-state index contributed by atoms with van der Waals surface area (Å²) in [6.45, 7) is 0. The van der Waals surface area contributed by atoms with Crippen LogP contribution in [0.15, 0.2) is 34.4 Å². The van der Waals surface area contributed by atoms with Gasteiger partial charge in [0.1, 0.15) is 0 Å². The largest absolute Gasteiger partial charge is 0.200 e. The van der Waals surface area contributed by atoms with Gasteiger partial charge in [0.05, 0.1) is 0 Å². The van der Waals surface area contributed by atoms with Crippen molar-refractivity contribution in [2.45, 2.75) is 0 Å². The Morgan fingerprint density at radius 2 is 2.17 bits per heavy atom. The third-order valence-electron chi connectivity index (χ3n) is 2.04. The van der Waals surface area contributed by atoms with Crippen molar-refractivity contribution in [1.82, 2.24) is 0 Å². The van der Waals surface area contributed by atoms with Crippen LogP contribution in [0.25, 0.3) is 4.91 Å². The summed E-state index contributed by atoms with van der Waals surface area (Å²) in [5.41, 5.74) is 1.41. The van der Waals surface area contributed by atoms with E-state index in [1.165, 1.54) is 10.5 Å². The first-order chi connectivity index (χ1) is 5.70. The van der Waals surface area contributed by atoms with Gasteiger partial charge >= 0.3 is 0 Å². The molecule has 2 heteroatoms. The van der Waals surface area contributed by atoms with Gasteiger partial charge in [-0.25, -0.2) is 0 Å². The molecule has 1 aliphatic heterocycles. The zero-order chi connectivity index (χ0) is 8.60. The molecule has 64 valence electrons. The van der Waals surface area contributed by atoms with Crippen LogP contribution in [0, 0.1) is 0 Å². The molecule has 0 bridgehead atoms. The Morgan fingerprint density at radius 1 is 1.33 bits per heavy atom. The van der Waals surface area contributed by atoms with E-state index in [0.29, 0.717) is 0 Å². The summed E-state index contributed by atoms with van der Waals surface area (Å²) in [4.78, 5) is 1.52. The summed E-state index contributed by atoms with van der Waals surface area (Å²) < 4.78 is 0. The summed E-state index contributed by atoms with van der Waals surface area (Å²) in [5.74, 6) is 0. The molecule has 0 atom stereocenters. The fourth-order valence-electron chi connectivity index (χ4n) is 1.38. The molecule has 0 radical (unpaired) electrons. The lowest BCUT2D eigenvalue weighted by Gasteiger charge is -2.26. The lowest BCUT2D eigenvalue weighted by molar-refractivity contribution is 1.85. The maximum atomic E-state index is 2.33. The highest BCUT2D eigenvalue weighted by Crippen LogP contribution is 2.58. The van der Waals surface area contributed by atoms with Crippen LogP contribution in [0.5, 0.6) is 0 Å². The molecule has 0 amide bonds. The Hall–Kier alpha value is -0.470. The van der Waals surface area contributed by atoms with E-state index < -0.39 is 10.0 Å². The molecule has 0 aromatic carbocycles. The van der Waals surface area contributed by atoms with E-state index in [9.17, 15) is 0 Å². The molecular weight excluding hydrogens is 184 g/mol. The molecule has 0 nitrogen and oxygen atoms in total. The minimum atomic E-state index is -0.623. The Morgan fingerprint density at radius 3 is 2.67 bits per heavy atom. The van der Waals surface area contributed by atoms with E-state index in [0.717, 1.165) is 0 Å². The third kappa shape index (κ3) is 1.25. The van der Waals surface area contributed by atoms with Gasteiger partial charge in [-0.2, -0.15) is 21.4 Å². The van der Waals surface area contributed by atoms with Gasteiger partial charge in [0, 0.05) is 4.91 Å². The number of hydrogen-bond donors (Lipinski definition) is 0. The smallest absolute Gasteiger partial charge is 0.00123 e. The number of rotatable bonds is 1. The van der Waals surface area contributed by atoms with Crippen molar-refractivity contribution in [3.8, 4) is 0 Å². The quantitative estimate of drug-likeness (QED) is 0.643. The molecule has 0 fully saturated rings. The van der Waals surface area contributed by atoms with E-state index in [1.54, 1.807) is 11.3 Å². The van der Waals surface area contributed by atoms with Crippen molar-refractivity contribution in [3.05, 3.63) is 40.0 Å². The molecule has 2 heterocycles. The van der Waals surface area contributed by atoms with Crippen LogP contribution >= 0.6 is 21.4 Å². The second kappa shape index (κ2) is 2.79. The van der Waals surface area contributed by atoms with Crippen LogP contribution in [-0.4, -0.2) is 12.5 Å². The topological polar surface area (TPSA) is 0 Å². The summed E-state index contributed by atoms with van der Waals surface area (Å²) in [5, 5.41) is 6.71. The van der Waals surface area contributed by atoms with Gasteiger partial charge in [0.15, 0.2) is 0 Å². The monoisotopic (exact) mass is 196 g/mol. The highest BCUT2D eigenvalue weighted by Gasteiger charge is 2.19. The summed E-state index contributed by atoms with van der Waals surface area (Å²) in [6, 6.07) is 2.21. The molecule has 0 spiro atoms. The van der Waals surface area contributed by atoms with Crippen LogP contribution in [0.4, 0.5) is 0 Å². The predicted molar refractivity (Wildman–Crippen MR) is 60.9 cm³/mol. The van der Waals surface area contributed by atoms with Crippen molar-refractivity contribution in [2.75, 3.05) is 12.5 Å². The Labute approximate surface area is 78.9 Å². The first kappa shape index (κ1) is 8.14. The predicted octanol–water partition coefficient (Wildman–Crippen LogP) is 3.68. The maximum Gasteiger partial charge on any atom is 0.00123 e. The number of allylic oxidation sites excluding steroid dienone is 2. The van der Waals surface area contributed by atoms with E-state index in [1.807, 2.05) is 0 Å². The lowest BCUT2D eigenvalue weighted by Crippen LogP contribution is -1.89. The van der Waals surface area contributed by atoms with Gasteiger partial charge in [0.25, 0.3) is 0 Å². The Bertz CT molecular complexity index is 329. The van der Waals surface area contributed by atoms with Crippen LogP contribution in [0.1, 0.15) is 5.56 Å². The fraction of sp³-hybridized carbons (Fsp3) is 0.200. The SMILES string of the molecule is CS1(C)C=CC=C1c1ccsc1. The highest BCUT2D eigenvalue weighted by molar-refractivity contribution is 8.42. The van der Waals surface area contributed by atoms with Crippen LogP contribution in [-0.2, 0) is 0 Å². The molecule has 0 aliphatic carbocycles. The van der Waals surface area contributed by atoms with E-state index in [2.05, 4.69) is 46.9 Å². The van der Waals surface area contributed by atoms with Gasteiger partial charge in [-0.1, -0.05) is 6.08 Å². The van der Waals surface area contributed by atoms with Crippen molar-refractivity contribution < 1.29 is 0 Å². The van der Waals surface area contributed by atoms with Crippen molar-refractivity contribution >= 4 is 26.3 Å². The minimum absolute atomic E-state index is 0.623. The lowest BCUT2D eigenvalue weighted by atomic mass is 10.3. The summed E-state index contributed by atoms with van der Waals surface area (Å²) in [7, 11) is -0.623. The van der Waals surface area contributed by atoms with Crippen molar-refractivity contribution in [1.29, 1.82) is 0 Å². The van der Waals surface area contributed by atoms with Gasteiger partial charge in [-0.3, -0.25) is 0 Å². The summed E-state index contributed by atoms with van der Waals surface area (Å²) in [6.07, 6.45) is 9.10. The molecule has 2 rings (SSSR count). The minimum Gasteiger partial charge on any atom is -0.200 e. The molecule has 1 aromatic heterocycles. The van der Waals surface area contributed by atoms with E-state index >= 15 is 0 Å². The average Bonchev–Trinajstić information content (AvgIpc) is 2.55. The molecule has 0 N–H and O–H groups in total.